The minimum atomic E-state index is -0.685. The zero-order valence-electron chi connectivity index (χ0n) is 13.4. The summed E-state index contributed by atoms with van der Waals surface area (Å²) in [5, 5.41) is 3.13. The molecule has 1 aromatic carbocycles. The van der Waals surface area contributed by atoms with Gasteiger partial charge in [-0.2, -0.15) is 0 Å². The lowest BCUT2D eigenvalue weighted by molar-refractivity contribution is -0.124. The second-order valence-corrected chi connectivity index (χ2v) is 5.33. The van der Waals surface area contributed by atoms with Gasteiger partial charge < -0.3 is 20.5 Å². The summed E-state index contributed by atoms with van der Waals surface area (Å²) < 4.78 is 11.0. The van der Waals surface area contributed by atoms with Crippen molar-refractivity contribution >= 4 is 5.91 Å². The zero-order valence-corrected chi connectivity index (χ0v) is 13.4. The van der Waals surface area contributed by atoms with Crippen molar-refractivity contribution in [2.24, 2.45) is 5.73 Å². The molecule has 5 heteroatoms. The van der Waals surface area contributed by atoms with E-state index in [9.17, 15) is 4.79 Å². The lowest BCUT2D eigenvalue weighted by Gasteiger charge is -2.26. The van der Waals surface area contributed by atoms with Crippen LogP contribution in [0.3, 0.4) is 0 Å². The molecule has 0 aromatic heterocycles. The second kappa shape index (κ2) is 7.88. The summed E-state index contributed by atoms with van der Waals surface area (Å²) in [4.78, 5) is 11.5. The molecule has 0 aliphatic rings. The Labute approximate surface area is 126 Å². The average molecular weight is 294 g/mol. The number of carbonyl (C=O) groups is 1. The molecule has 5 nitrogen and oxygen atoms in total. The number of hydrogen-bond donors (Lipinski definition) is 2. The van der Waals surface area contributed by atoms with Crippen LogP contribution in [0.5, 0.6) is 11.5 Å². The van der Waals surface area contributed by atoms with E-state index in [0.717, 1.165) is 17.7 Å². The minimum absolute atomic E-state index is 0.336. The van der Waals surface area contributed by atoms with Crippen LogP contribution in [0.25, 0.3) is 0 Å². The number of carbonyl (C=O) groups excluding carboxylic acids is 1. The van der Waals surface area contributed by atoms with E-state index in [4.69, 9.17) is 15.2 Å². The molecule has 1 rings (SSSR count). The first-order valence-electron chi connectivity index (χ1n) is 7.25. The van der Waals surface area contributed by atoms with Crippen molar-refractivity contribution in [2.45, 2.75) is 39.2 Å². The molecule has 1 aromatic rings. The summed E-state index contributed by atoms with van der Waals surface area (Å²) in [6, 6.07) is 5.80. The van der Waals surface area contributed by atoms with E-state index in [-0.39, 0.29) is 5.91 Å². The summed E-state index contributed by atoms with van der Waals surface area (Å²) in [6.07, 6.45) is 1.35. The molecule has 3 N–H and O–H groups in total. The molecule has 1 atom stereocenters. The van der Waals surface area contributed by atoms with Crippen LogP contribution in [-0.4, -0.2) is 31.7 Å². The fourth-order valence-electron chi connectivity index (χ4n) is 2.19. The quantitative estimate of drug-likeness (QED) is 0.683. The van der Waals surface area contributed by atoms with Gasteiger partial charge >= 0.3 is 0 Å². The van der Waals surface area contributed by atoms with Crippen molar-refractivity contribution in [1.82, 2.24) is 5.32 Å². The van der Waals surface area contributed by atoms with Gasteiger partial charge in [0.15, 0.2) is 11.5 Å². The summed E-state index contributed by atoms with van der Waals surface area (Å²) >= 11 is 0. The van der Waals surface area contributed by atoms with Crippen LogP contribution in [0.15, 0.2) is 18.2 Å². The van der Waals surface area contributed by atoms with Gasteiger partial charge in [-0.1, -0.05) is 13.0 Å². The predicted molar refractivity (Wildman–Crippen MR) is 83.7 cm³/mol. The molecule has 1 amide bonds. The number of aryl methyl sites for hydroxylation is 1. The first kappa shape index (κ1) is 17.3. The third-order valence-corrected chi connectivity index (χ3v) is 3.51. The van der Waals surface area contributed by atoms with Crippen LogP contribution in [0.2, 0.25) is 0 Å². The first-order valence-corrected chi connectivity index (χ1v) is 7.25. The number of amides is 1. The molecule has 21 heavy (non-hydrogen) atoms. The summed E-state index contributed by atoms with van der Waals surface area (Å²) in [7, 11) is 1.62. The fourth-order valence-corrected chi connectivity index (χ4v) is 2.19. The van der Waals surface area contributed by atoms with Crippen LogP contribution >= 0.6 is 0 Å². The van der Waals surface area contributed by atoms with Gasteiger partial charge in [-0.05, 0) is 50.9 Å². The molecule has 0 bridgehead atoms. The van der Waals surface area contributed by atoms with Crippen molar-refractivity contribution in [3.63, 3.8) is 0 Å². The number of methoxy groups -OCH3 is 1. The average Bonchev–Trinajstić information content (AvgIpc) is 2.44. The molecule has 0 saturated carbocycles. The second-order valence-electron chi connectivity index (χ2n) is 5.33. The first-order chi connectivity index (χ1) is 9.92. The lowest BCUT2D eigenvalue weighted by Crippen LogP contribution is -2.53. The van der Waals surface area contributed by atoms with Gasteiger partial charge in [0.2, 0.25) is 5.91 Å². The third kappa shape index (κ3) is 4.93. The van der Waals surface area contributed by atoms with Gasteiger partial charge in [-0.25, -0.2) is 0 Å². The topological polar surface area (TPSA) is 73.6 Å². The third-order valence-electron chi connectivity index (χ3n) is 3.51. The van der Waals surface area contributed by atoms with Crippen LogP contribution in [0, 0.1) is 6.92 Å². The zero-order chi connectivity index (χ0) is 15.9. The van der Waals surface area contributed by atoms with E-state index in [1.807, 2.05) is 39.0 Å². The number of nitrogens with one attached hydrogen (secondary N) is 1. The predicted octanol–water partition coefficient (Wildman–Crippen LogP) is 2.02. The van der Waals surface area contributed by atoms with E-state index in [1.165, 1.54) is 0 Å². The Kier molecular flexibility index (Phi) is 6.49. The fraction of sp³-hybridized carbons (Fsp3) is 0.562. The van der Waals surface area contributed by atoms with Crippen LogP contribution in [0.4, 0.5) is 0 Å². The number of ether oxygens (including phenoxy) is 2. The van der Waals surface area contributed by atoms with Crippen molar-refractivity contribution in [3.05, 3.63) is 23.8 Å². The number of nitrogens with two attached hydrogens (primary N) is 1. The number of benzene rings is 1. The van der Waals surface area contributed by atoms with E-state index in [0.29, 0.717) is 25.3 Å². The van der Waals surface area contributed by atoms with Crippen LogP contribution in [0.1, 0.15) is 32.3 Å². The van der Waals surface area contributed by atoms with Gasteiger partial charge in [0.05, 0.1) is 19.3 Å². The molecule has 0 aliphatic carbocycles. The van der Waals surface area contributed by atoms with Crippen LogP contribution in [-0.2, 0) is 4.79 Å². The number of rotatable bonds is 9. The maximum atomic E-state index is 11.5. The lowest BCUT2D eigenvalue weighted by atomic mass is 9.95. The highest BCUT2D eigenvalue weighted by Gasteiger charge is 2.29. The molecular formula is C16H26N2O3. The van der Waals surface area contributed by atoms with E-state index < -0.39 is 5.54 Å². The smallest absolute Gasteiger partial charge is 0.237 e. The highest BCUT2D eigenvalue weighted by Crippen LogP contribution is 2.28. The standard InChI is InChI=1S/C16H26N2O3/c1-5-18-16(3,15(17)19)9-6-10-21-13-8-7-12(2)11-14(13)20-4/h7-8,11,18H,5-6,9-10H2,1-4H3,(H2,17,19). The molecular weight excluding hydrogens is 268 g/mol. The van der Waals surface area contributed by atoms with Gasteiger partial charge in [-0.15, -0.1) is 0 Å². The van der Waals surface area contributed by atoms with Crippen molar-refractivity contribution in [2.75, 3.05) is 20.3 Å². The largest absolute Gasteiger partial charge is 0.493 e. The number of primary amides is 1. The van der Waals surface area contributed by atoms with E-state index in [2.05, 4.69) is 5.32 Å². The Hall–Kier alpha value is -1.75. The van der Waals surface area contributed by atoms with Gasteiger partial charge in [-0.3, -0.25) is 4.79 Å². The normalized spacial score (nSPS) is 13.5. The van der Waals surface area contributed by atoms with Gasteiger partial charge in [0.25, 0.3) is 0 Å². The van der Waals surface area contributed by atoms with Crippen molar-refractivity contribution < 1.29 is 14.3 Å². The van der Waals surface area contributed by atoms with Crippen molar-refractivity contribution in [1.29, 1.82) is 0 Å². The Morgan fingerprint density at radius 1 is 1.38 bits per heavy atom. The molecule has 0 saturated heterocycles. The molecule has 0 fully saturated rings. The SMILES string of the molecule is CCNC(C)(CCCOc1ccc(C)cc1OC)C(N)=O. The summed E-state index contributed by atoms with van der Waals surface area (Å²) in [5.41, 5.74) is 5.88. The minimum Gasteiger partial charge on any atom is -0.493 e. The Bertz CT molecular complexity index is 477. The van der Waals surface area contributed by atoms with Gasteiger partial charge in [0.1, 0.15) is 0 Å². The maximum absolute atomic E-state index is 11.5. The summed E-state index contributed by atoms with van der Waals surface area (Å²) in [6.45, 7) is 6.99. The number of likely N-dealkylation sites (N-methyl/N-ethyl adjacent to an activating group) is 1. The highest BCUT2D eigenvalue weighted by molar-refractivity contribution is 5.84. The van der Waals surface area contributed by atoms with Gasteiger partial charge in [0, 0.05) is 0 Å². The van der Waals surface area contributed by atoms with Crippen LogP contribution < -0.4 is 20.5 Å². The molecule has 0 spiro atoms. The molecule has 0 heterocycles. The Morgan fingerprint density at radius 3 is 2.67 bits per heavy atom. The molecule has 0 radical (unpaired) electrons. The van der Waals surface area contributed by atoms with Crippen molar-refractivity contribution in [3.8, 4) is 11.5 Å². The van der Waals surface area contributed by atoms with E-state index >= 15 is 0 Å². The number of hydrogen-bond acceptors (Lipinski definition) is 4. The molecule has 1 unspecified atom stereocenters. The Morgan fingerprint density at radius 2 is 2.10 bits per heavy atom. The highest BCUT2D eigenvalue weighted by atomic mass is 16.5. The molecule has 0 aliphatic heterocycles. The monoisotopic (exact) mass is 294 g/mol. The maximum Gasteiger partial charge on any atom is 0.237 e. The summed E-state index contributed by atoms with van der Waals surface area (Å²) in [5.74, 6) is 1.10. The Balaban J connectivity index is 2.52. The van der Waals surface area contributed by atoms with E-state index in [1.54, 1.807) is 7.11 Å². The molecule has 118 valence electrons.